The number of hydrogen-bond acceptors (Lipinski definition) is 4. The number of aryl methyl sites for hydroxylation is 1. The van der Waals surface area contributed by atoms with E-state index in [1.165, 1.54) is 0 Å². The SMILES string of the molecule is CC(NCCc1cnn(C)c1)C(=O)OC(C)(C)C. The molecule has 0 aliphatic heterocycles. The highest BCUT2D eigenvalue weighted by Crippen LogP contribution is 2.08. The van der Waals surface area contributed by atoms with E-state index < -0.39 is 5.60 Å². The highest BCUT2D eigenvalue weighted by atomic mass is 16.6. The first-order valence-electron chi connectivity index (χ1n) is 6.22. The maximum Gasteiger partial charge on any atom is 0.323 e. The lowest BCUT2D eigenvalue weighted by Gasteiger charge is -2.22. The molecule has 1 N–H and O–H groups in total. The zero-order chi connectivity index (χ0) is 13.8. The minimum absolute atomic E-state index is 0.214. The maximum atomic E-state index is 11.7. The Morgan fingerprint density at radius 2 is 2.22 bits per heavy atom. The monoisotopic (exact) mass is 253 g/mol. The molecule has 102 valence electrons. The summed E-state index contributed by atoms with van der Waals surface area (Å²) < 4.78 is 7.06. The Bertz CT molecular complexity index is 393. The van der Waals surface area contributed by atoms with E-state index in [4.69, 9.17) is 4.74 Å². The fourth-order valence-electron chi connectivity index (χ4n) is 1.51. The Kier molecular flexibility index (Phi) is 4.90. The van der Waals surface area contributed by atoms with Crippen molar-refractivity contribution in [2.75, 3.05) is 6.54 Å². The lowest BCUT2D eigenvalue weighted by Crippen LogP contribution is -2.40. The molecule has 1 atom stereocenters. The van der Waals surface area contributed by atoms with E-state index in [0.717, 1.165) is 18.5 Å². The molecule has 1 aromatic rings. The zero-order valence-electron chi connectivity index (χ0n) is 11.9. The van der Waals surface area contributed by atoms with Gasteiger partial charge in [0.05, 0.1) is 6.20 Å². The molecule has 1 heterocycles. The van der Waals surface area contributed by atoms with Crippen molar-refractivity contribution in [2.45, 2.75) is 45.8 Å². The van der Waals surface area contributed by atoms with Gasteiger partial charge in [-0.1, -0.05) is 0 Å². The summed E-state index contributed by atoms with van der Waals surface area (Å²) in [7, 11) is 1.89. The molecule has 0 radical (unpaired) electrons. The predicted octanol–water partition coefficient (Wildman–Crippen LogP) is 1.28. The first-order valence-corrected chi connectivity index (χ1v) is 6.22. The summed E-state index contributed by atoms with van der Waals surface area (Å²) in [4.78, 5) is 11.7. The third-order valence-electron chi connectivity index (χ3n) is 2.38. The fourth-order valence-corrected chi connectivity index (χ4v) is 1.51. The van der Waals surface area contributed by atoms with Crippen LogP contribution in [0.5, 0.6) is 0 Å². The van der Waals surface area contributed by atoms with E-state index in [1.807, 2.05) is 47.1 Å². The van der Waals surface area contributed by atoms with Gasteiger partial charge in [0.2, 0.25) is 0 Å². The second kappa shape index (κ2) is 6.00. The summed E-state index contributed by atoms with van der Waals surface area (Å²) in [6.07, 6.45) is 4.65. The molecule has 0 fully saturated rings. The van der Waals surface area contributed by atoms with Crippen LogP contribution in [0.15, 0.2) is 12.4 Å². The zero-order valence-corrected chi connectivity index (χ0v) is 11.9. The van der Waals surface area contributed by atoms with Gasteiger partial charge in [0.25, 0.3) is 0 Å². The summed E-state index contributed by atoms with van der Waals surface area (Å²) in [5.41, 5.74) is 0.720. The predicted molar refractivity (Wildman–Crippen MR) is 70.2 cm³/mol. The topological polar surface area (TPSA) is 56.2 Å². The third kappa shape index (κ3) is 5.31. The normalized spacial score (nSPS) is 13.4. The average Bonchev–Trinajstić information content (AvgIpc) is 2.61. The van der Waals surface area contributed by atoms with Crippen LogP contribution in [0.2, 0.25) is 0 Å². The molecule has 0 spiro atoms. The molecule has 0 saturated heterocycles. The van der Waals surface area contributed by atoms with Crippen LogP contribution >= 0.6 is 0 Å². The molecule has 0 bridgehead atoms. The van der Waals surface area contributed by atoms with Gasteiger partial charge < -0.3 is 10.1 Å². The molecule has 0 amide bonds. The molecule has 5 heteroatoms. The Labute approximate surface area is 109 Å². The van der Waals surface area contributed by atoms with Crippen molar-refractivity contribution in [3.63, 3.8) is 0 Å². The molecule has 1 aromatic heterocycles. The quantitative estimate of drug-likeness (QED) is 0.803. The summed E-state index contributed by atoms with van der Waals surface area (Å²) in [6.45, 7) is 8.15. The molecule has 0 saturated carbocycles. The van der Waals surface area contributed by atoms with Gasteiger partial charge in [-0.25, -0.2) is 0 Å². The lowest BCUT2D eigenvalue weighted by atomic mass is 10.2. The molecule has 0 aliphatic carbocycles. The van der Waals surface area contributed by atoms with E-state index in [2.05, 4.69) is 10.4 Å². The number of carbonyl (C=O) groups is 1. The second-order valence-electron chi connectivity index (χ2n) is 5.48. The van der Waals surface area contributed by atoms with Crippen molar-refractivity contribution in [3.05, 3.63) is 18.0 Å². The van der Waals surface area contributed by atoms with Gasteiger partial charge in [-0.2, -0.15) is 5.10 Å². The van der Waals surface area contributed by atoms with Crippen LogP contribution in [0, 0.1) is 0 Å². The molecular weight excluding hydrogens is 230 g/mol. The van der Waals surface area contributed by atoms with Crippen LogP contribution in [-0.2, 0) is 23.0 Å². The molecule has 1 rings (SSSR count). The Balaban J connectivity index is 2.28. The van der Waals surface area contributed by atoms with Crippen LogP contribution in [-0.4, -0.2) is 33.9 Å². The number of nitrogens with zero attached hydrogens (tertiary/aromatic N) is 2. The summed E-state index contributed by atoms with van der Waals surface area (Å²) >= 11 is 0. The number of rotatable bonds is 5. The van der Waals surface area contributed by atoms with E-state index in [1.54, 1.807) is 4.68 Å². The number of aromatic nitrogens is 2. The Hall–Kier alpha value is -1.36. The van der Waals surface area contributed by atoms with Gasteiger partial charge in [-0.05, 0) is 39.7 Å². The van der Waals surface area contributed by atoms with E-state index >= 15 is 0 Å². The van der Waals surface area contributed by atoms with Crippen LogP contribution in [0.3, 0.4) is 0 Å². The van der Waals surface area contributed by atoms with E-state index in [9.17, 15) is 4.79 Å². The van der Waals surface area contributed by atoms with Gasteiger partial charge in [0.15, 0.2) is 0 Å². The highest BCUT2D eigenvalue weighted by molar-refractivity contribution is 5.75. The molecule has 18 heavy (non-hydrogen) atoms. The maximum absolute atomic E-state index is 11.7. The number of esters is 1. The second-order valence-corrected chi connectivity index (χ2v) is 5.48. The number of hydrogen-bond donors (Lipinski definition) is 1. The molecule has 1 unspecified atom stereocenters. The minimum Gasteiger partial charge on any atom is -0.459 e. The van der Waals surface area contributed by atoms with Gasteiger partial charge in [-0.3, -0.25) is 9.48 Å². The Morgan fingerprint density at radius 3 is 2.72 bits per heavy atom. The minimum atomic E-state index is -0.434. The Morgan fingerprint density at radius 1 is 1.56 bits per heavy atom. The van der Waals surface area contributed by atoms with Gasteiger partial charge in [0, 0.05) is 19.8 Å². The van der Waals surface area contributed by atoms with Crippen molar-refractivity contribution in [2.24, 2.45) is 7.05 Å². The van der Waals surface area contributed by atoms with Crippen LogP contribution in [0.25, 0.3) is 0 Å². The fraction of sp³-hybridized carbons (Fsp3) is 0.692. The summed E-state index contributed by atoms with van der Waals surface area (Å²) in [6, 6.07) is -0.291. The van der Waals surface area contributed by atoms with Crippen molar-refractivity contribution in [3.8, 4) is 0 Å². The highest BCUT2D eigenvalue weighted by Gasteiger charge is 2.20. The average molecular weight is 253 g/mol. The van der Waals surface area contributed by atoms with Crippen LogP contribution < -0.4 is 5.32 Å². The number of carbonyl (C=O) groups excluding carboxylic acids is 1. The first kappa shape index (κ1) is 14.7. The summed E-state index contributed by atoms with van der Waals surface area (Å²) in [5.74, 6) is -0.214. The molecular formula is C13H23N3O2. The smallest absolute Gasteiger partial charge is 0.323 e. The van der Waals surface area contributed by atoms with Gasteiger partial charge >= 0.3 is 5.97 Å². The van der Waals surface area contributed by atoms with Crippen molar-refractivity contribution < 1.29 is 9.53 Å². The number of ether oxygens (including phenoxy) is 1. The third-order valence-corrected chi connectivity index (χ3v) is 2.38. The first-order chi connectivity index (χ1) is 8.28. The van der Waals surface area contributed by atoms with Gasteiger partial charge in [-0.15, -0.1) is 0 Å². The van der Waals surface area contributed by atoms with Crippen LogP contribution in [0.1, 0.15) is 33.3 Å². The van der Waals surface area contributed by atoms with E-state index in [0.29, 0.717) is 0 Å². The van der Waals surface area contributed by atoms with Crippen LogP contribution in [0.4, 0.5) is 0 Å². The van der Waals surface area contributed by atoms with Crippen molar-refractivity contribution in [1.29, 1.82) is 0 Å². The van der Waals surface area contributed by atoms with Crippen molar-refractivity contribution in [1.82, 2.24) is 15.1 Å². The van der Waals surface area contributed by atoms with Crippen molar-refractivity contribution >= 4 is 5.97 Å². The molecule has 0 aromatic carbocycles. The molecule has 5 nitrogen and oxygen atoms in total. The lowest BCUT2D eigenvalue weighted by molar-refractivity contribution is -0.156. The molecule has 0 aliphatic rings. The largest absolute Gasteiger partial charge is 0.459 e. The standard InChI is InChI=1S/C13H23N3O2/c1-10(12(17)18-13(2,3)4)14-7-6-11-8-15-16(5)9-11/h8-10,14H,6-7H2,1-5H3. The van der Waals surface area contributed by atoms with E-state index in [-0.39, 0.29) is 12.0 Å². The van der Waals surface area contributed by atoms with Gasteiger partial charge in [0.1, 0.15) is 11.6 Å². The summed E-state index contributed by atoms with van der Waals surface area (Å²) in [5, 5.41) is 7.25. The number of nitrogens with one attached hydrogen (secondary N) is 1.